The third kappa shape index (κ3) is 2.81. The minimum absolute atomic E-state index is 0.0333. The number of nitrogens with zero attached hydrogens (tertiary/aromatic N) is 4. The van der Waals surface area contributed by atoms with Gasteiger partial charge in [0.2, 0.25) is 5.82 Å². The van der Waals surface area contributed by atoms with Crippen molar-refractivity contribution >= 4 is 5.52 Å². The smallest absolute Gasteiger partial charge is 0.334 e. The first-order chi connectivity index (χ1) is 12.5. The van der Waals surface area contributed by atoms with Crippen molar-refractivity contribution < 1.29 is 17.9 Å². The Morgan fingerprint density at radius 2 is 2.08 bits per heavy atom. The van der Waals surface area contributed by atoms with Crippen LogP contribution in [0.1, 0.15) is 42.9 Å². The van der Waals surface area contributed by atoms with Crippen LogP contribution in [0.2, 0.25) is 0 Å². The zero-order valence-corrected chi connectivity index (χ0v) is 14.1. The molecule has 2 aliphatic rings. The number of fused-ring (bicyclic) bond motifs is 1. The normalized spacial score (nSPS) is 22.3. The Bertz CT molecular complexity index is 853. The van der Waals surface area contributed by atoms with Crippen LogP contribution >= 0.6 is 0 Å². The number of aromatic nitrogens is 4. The molecule has 0 amide bonds. The lowest BCUT2D eigenvalue weighted by Crippen LogP contribution is -2.38. The monoisotopic (exact) mass is 371 g/mol. The molecule has 142 valence electrons. The number of nitrogens with one attached hydrogen (secondary N) is 1. The molecule has 0 bridgehead atoms. The first kappa shape index (κ1) is 17.5. The van der Waals surface area contributed by atoms with Gasteiger partial charge in [0.15, 0.2) is 12.2 Å². The maximum atomic E-state index is 14.3. The van der Waals surface area contributed by atoms with Gasteiger partial charge in [0.05, 0.1) is 12.2 Å². The third-order valence-electron chi connectivity index (χ3n) is 5.11. The molecule has 2 saturated heterocycles. The highest BCUT2D eigenvalue weighted by atomic mass is 19.3. The summed E-state index contributed by atoms with van der Waals surface area (Å²) < 4.78 is 49.1. The Morgan fingerprint density at radius 3 is 2.73 bits per heavy atom. The lowest BCUT2D eigenvalue weighted by molar-refractivity contribution is -0.0431. The van der Waals surface area contributed by atoms with Crippen LogP contribution in [0, 0.1) is 0 Å². The zero-order chi connectivity index (χ0) is 18.3. The summed E-state index contributed by atoms with van der Waals surface area (Å²) in [5.41, 5.74) is -0.473. The van der Waals surface area contributed by atoms with Gasteiger partial charge in [-0.15, -0.1) is 5.10 Å². The molecule has 1 N–H and O–H groups in total. The van der Waals surface area contributed by atoms with E-state index in [2.05, 4.69) is 15.4 Å². The van der Waals surface area contributed by atoms with Gasteiger partial charge in [0, 0.05) is 25.7 Å². The van der Waals surface area contributed by atoms with Crippen LogP contribution in [0.4, 0.5) is 13.2 Å². The summed E-state index contributed by atoms with van der Waals surface area (Å²) in [6.07, 6.45) is 3.22. The van der Waals surface area contributed by atoms with Gasteiger partial charge >= 0.3 is 5.92 Å². The molecule has 26 heavy (non-hydrogen) atoms. The molecule has 4 heterocycles. The van der Waals surface area contributed by atoms with Gasteiger partial charge in [-0.25, -0.2) is 13.9 Å². The van der Waals surface area contributed by atoms with E-state index in [0.29, 0.717) is 51.4 Å². The number of ether oxygens (including phenoxy) is 1. The van der Waals surface area contributed by atoms with Gasteiger partial charge < -0.3 is 10.1 Å². The molecule has 2 aliphatic heterocycles. The fourth-order valence-corrected chi connectivity index (χ4v) is 3.72. The fraction of sp³-hybridized carbons (Fsp3) is 0.688. The maximum absolute atomic E-state index is 14.3. The number of imidazole rings is 1. The Hall–Kier alpha value is -1.94. The van der Waals surface area contributed by atoms with Crippen LogP contribution in [-0.4, -0.2) is 52.1 Å². The van der Waals surface area contributed by atoms with Gasteiger partial charge in [-0.05, 0) is 25.8 Å². The van der Waals surface area contributed by atoms with Crippen LogP contribution in [0.15, 0.2) is 11.0 Å². The van der Waals surface area contributed by atoms with Crippen LogP contribution in [0.25, 0.3) is 5.52 Å². The predicted octanol–water partition coefficient (Wildman–Crippen LogP) is 1.38. The number of hydrogen-bond acceptors (Lipinski definition) is 5. The topological polar surface area (TPSA) is 73.4 Å². The third-order valence-corrected chi connectivity index (χ3v) is 5.11. The van der Waals surface area contributed by atoms with E-state index >= 15 is 0 Å². The minimum Gasteiger partial charge on any atom is -0.381 e. The zero-order valence-electron chi connectivity index (χ0n) is 14.1. The Kier molecular flexibility index (Phi) is 4.47. The summed E-state index contributed by atoms with van der Waals surface area (Å²) in [6.45, 7) is 0.145. The summed E-state index contributed by atoms with van der Waals surface area (Å²) in [5, 5.41) is 7.05. The molecule has 2 aromatic heterocycles. The Morgan fingerprint density at radius 1 is 1.31 bits per heavy atom. The van der Waals surface area contributed by atoms with Crippen molar-refractivity contribution in [2.24, 2.45) is 0 Å². The van der Waals surface area contributed by atoms with Crippen LogP contribution in [0.3, 0.4) is 0 Å². The summed E-state index contributed by atoms with van der Waals surface area (Å²) in [6, 6.07) is -0.478. The van der Waals surface area contributed by atoms with Crippen molar-refractivity contribution in [3.8, 4) is 0 Å². The molecule has 2 fully saturated rings. The maximum Gasteiger partial charge on any atom is 0.334 e. The van der Waals surface area contributed by atoms with Gasteiger partial charge in [0.1, 0.15) is 5.82 Å². The van der Waals surface area contributed by atoms with Gasteiger partial charge in [-0.3, -0.25) is 9.36 Å². The van der Waals surface area contributed by atoms with Crippen molar-refractivity contribution in [3.63, 3.8) is 0 Å². The van der Waals surface area contributed by atoms with Crippen molar-refractivity contribution in [1.82, 2.24) is 24.5 Å². The minimum atomic E-state index is -3.84. The SMILES string of the molecule is O=c1c2cnc(C3CCOCC3)n2nc(C(F)(F)CF)n1C1CCNC1. The highest BCUT2D eigenvalue weighted by Gasteiger charge is 2.40. The average Bonchev–Trinajstić information content (AvgIpc) is 3.32. The van der Waals surface area contributed by atoms with E-state index in [0.717, 1.165) is 4.57 Å². The molecule has 1 unspecified atom stereocenters. The van der Waals surface area contributed by atoms with E-state index in [9.17, 15) is 18.0 Å². The quantitative estimate of drug-likeness (QED) is 0.879. The predicted molar refractivity (Wildman–Crippen MR) is 86.4 cm³/mol. The van der Waals surface area contributed by atoms with Gasteiger partial charge in [0.25, 0.3) is 5.56 Å². The highest BCUT2D eigenvalue weighted by molar-refractivity contribution is 5.43. The first-order valence-corrected chi connectivity index (χ1v) is 8.76. The van der Waals surface area contributed by atoms with Crippen molar-refractivity contribution in [2.45, 2.75) is 37.1 Å². The molecule has 0 aromatic carbocycles. The van der Waals surface area contributed by atoms with E-state index in [4.69, 9.17) is 4.74 Å². The first-order valence-electron chi connectivity index (χ1n) is 8.76. The van der Waals surface area contributed by atoms with E-state index in [1.807, 2.05) is 0 Å². The highest BCUT2D eigenvalue weighted by Crippen LogP contribution is 2.31. The van der Waals surface area contributed by atoms with E-state index in [1.54, 1.807) is 0 Å². The van der Waals surface area contributed by atoms with Crippen molar-refractivity contribution in [1.29, 1.82) is 0 Å². The largest absolute Gasteiger partial charge is 0.381 e. The fourth-order valence-electron chi connectivity index (χ4n) is 3.72. The second kappa shape index (κ2) is 6.66. The molecule has 0 aliphatic carbocycles. The van der Waals surface area contributed by atoms with E-state index in [-0.39, 0.29) is 11.4 Å². The Labute approximate surface area is 147 Å². The molecule has 4 rings (SSSR count). The molecule has 7 nitrogen and oxygen atoms in total. The summed E-state index contributed by atoms with van der Waals surface area (Å²) in [4.78, 5) is 17.2. The lowest BCUT2D eigenvalue weighted by atomic mass is 10.00. The molecule has 1 atom stereocenters. The molecule has 0 radical (unpaired) electrons. The van der Waals surface area contributed by atoms with Gasteiger partial charge in [-0.2, -0.15) is 8.78 Å². The second-order valence-corrected chi connectivity index (χ2v) is 6.78. The van der Waals surface area contributed by atoms with Crippen molar-refractivity contribution in [3.05, 3.63) is 28.2 Å². The number of hydrogen-bond donors (Lipinski definition) is 1. The second-order valence-electron chi connectivity index (χ2n) is 6.78. The van der Waals surface area contributed by atoms with Crippen LogP contribution in [-0.2, 0) is 10.7 Å². The van der Waals surface area contributed by atoms with Crippen LogP contribution in [0.5, 0.6) is 0 Å². The molecular weight excluding hydrogens is 351 g/mol. The van der Waals surface area contributed by atoms with E-state index < -0.39 is 30.0 Å². The molecule has 2 aromatic rings. The molecule has 10 heteroatoms. The average molecular weight is 371 g/mol. The summed E-state index contributed by atoms with van der Waals surface area (Å²) in [5.74, 6) is -4.26. The van der Waals surface area contributed by atoms with E-state index in [1.165, 1.54) is 10.7 Å². The lowest BCUT2D eigenvalue weighted by Gasteiger charge is -2.23. The molecule has 0 saturated carbocycles. The molecule has 0 spiro atoms. The summed E-state index contributed by atoms with van der Waals surface area (Å²) >= 11 is 0. The van der Waals surface area contributed by atoms with Crippen LogP contribution < -0.4 is 10.9 Å². The summed E-state index contributed by atoms with van der Waals surface area (Å²) in [7, 11) is 0. The number of halogens is 3. The number of rotatable bonds is 4. The Balaban J connectivity index is 1.92. The van der Waals surface area contributed by atoms with Gasteiger partial charge in [-0.1, -0.05) is 0 Å². The van der Waals surface area contributed by atoms with Crippen molar-refractivity contribution in [2.75, 3.05) is 33.0 Å². The number of alkyl halides is 3. The molecular formula is C16H20F3N5O2. The standard InChI is InChI=1S/C16H20F3N5O2/c17-9-16(18,19)15-22-24-12(14(25)23(15)11-1-4-20-7-11)8-21-13(24)10-2-5-26-6-3-10/h8,10-11,20H,1-7,9H2.